The van der Waals surface area contributed by atoms with Gasteiger partial charge in [0.05, 0.1) is 12.5 Å². The van der Waals surface area contributed by atoms with Gasteiger partial charge in [-0.15, -0.1) is 0 Å². The Balaban J connectivity index is 2.13. The molecule has 0 radical (unpaired) electrons. The molecule has 0 aromatic carbocycles. The van der Waals surface area contributed by atoms with Gasteiger partial charge in [-0.25, -0.2) is 4.98 Å². The first kappa shape index (κ1) is 13.2. The van der Waals surface area contributed by atoms with Crippen molar-refractivity contribution in [1.29, 1.82) is 0 Å². The summed E-state index contributed by atoms with van der Waals surface area (Å²) in [6.07, 6.45) is 4.48. The molecule has 0 saturated heterocycles. The number of hydrogen-bond acceptors (Lipinski definition) is 4. The molecule has 0 saturated carbocycles. The number of carboxylic acids is 1. The summed E-state index contributed by atoms with van der Waals surface area (Å²) in [5, 5.41) is 11.0. The number of nitrogens with two attached hydrogens (primary N) is 1. The molecule has 0 aliphatic heterocycles. The Morgan fingerprint density at radius 1 is 1.59 bits per heavy atom. The molecule has 7 heteroatoms. The summed E-state index contributed by atoms with van der Waals surface area (Å²) in [5.41, 5.74) is 5.38. The predicted molar refractivity (Wildman–Crippen MR) is 60.1 cm³/mol. The Labute approximate surface area is 98.4 Å². The van der Waals surface area contributed by atoms with Crippen LogP contribution in [-0.4, -0.2) is 39.5 Å². The highest BCUT2D eigenvalue weighted by Crippen LogP contribution is 1.94. The summed E-state index contributed by atoms with van der Waals surface area (Å²) in [6, 6.07) is -0.990. The molecule has 17 heavy (non-hydrogen) atoms. The van der Waals surface area contributed by atoms with E-state index >= 15 is 0 Å². The van der Waals surface area contributed by atoms with Crippen LogP contribution in [0.5, 0.6) is 0 Å². The van der Waals surface area contributed by atoms with E-state index in [4.69, 9.17) is 10.8 Å². The van der Waals surface area contributed by atoms with Gasteiger partial charge in [0.25, 0.3) is 0 Å². The van der Waals surface area contributed by atoms with E-state index in [-0.39, 0.29) is 6.42 Å². The van der Waals surface area contributed by atoms with Crippen LogP contribution in [0, 0.1) is 0 Å². The van der Waals surface area contributed by atoms with Crippen LogP contribution in [0.3, 0.4) is 0 Å². The minimum Gasteiger partial charge on any atom is -0.481 e. The third-order valence-corrected chi connectivity index (χ3v) is 2.18. The van der Waals surface area contributed by atoms with Crippen LogP contribution in [0.1, 0.15) is 18.7 Å². The van der Waals surface area contributed by atoms with Crippen molar-refractivity contribution < 1.29 is 14.7 Å². The molecule has 5 N–H and O–H groups in total. The quantitative estimate of drug-likeness (QED) is 0.468. The molecule has 0 spiro atoms. The van der Waals surface area contributed by atoms with Crippen LogP contribution in [0.4, 0.5) is 0 Å². The second-order valence-corrected chi connectivity index (χ2v) is 3.63. The third-order valence-electron chi connectivity index (χ3n) is 2.18. The second-order valence-electron chi connectivity index (χ2n) is 3.63. The molecule has 1 aromatic rings. The molecule has 1 heterocycles. The molecule has 1 unspecified atom stereocenters. The smallest absolute Gasteiger partial charge is 0.305 e. The zero-order valence-electron chi connectivity index (χ0n) is 9.35. The predicted octanol–water partition coefficient (Wildman–Crippen LogP) is -0.739. The van der Waals surface area contributed by atoms with E-state index < -0.39 is 17.9 Å². The maximum absolute atomic E-state index is 11.3. The Bertz CT molecular complexity index is 364. The van der Waals surface area contributed by atoms with Crippen molar-refractivity contribution in [3.05, 3.63) is 18.2 Å². The van der Waals surface area contributed by atoms with E-state index in [1.807, 2.05) is 0 Å². The van der Waals surface area contributed by atoms with Crippen LogP contribution >= 0.6 is 0 Å². The summed E-state index contributed by atoms with van der Waals surface area (Å²) in [6.45, 7) is 0.451. The lowest BCUT2D eigenvalue weighted by Gasteiger charge is -2.09. The van der Waals surface area contributed by atoms with Crippen molar-refractivity contribution >= 4 is 11.9 Å². The Hall–Kier alpha value is -1.89. The van der Waals surface area contributed by atoms with Gasteiger partial charge in [-0.3, -0.25) is 9.59 Å². The second kappa shape index (κ2) is 6.64. The van der Waals surface area contributed by atoms with Gasteiger partial charge in [0, 0.05) is 25.4 Å². The number of aryl methyl sites for hydroxylation is 1. The van der Waals surface area contributed by atoms with Gasteiger partial charge >= 0.3 is 5.97 Å². The average molecular weight is 240 g/mol. The number of aromatic nitrogens is 2. The topological polar surface area (TPSA) is 121 Å². The minimum absolute atomic E-state index is 0.357. The van der Waals surface area contributed by atoms with Crippen LogP contribution in [0.25, 0.3) is 0 Å². The van der Waals surface area contributed by atoms with Gasteiger partial charge in [-0.05, 0) is 6.42 Å². The monoisotopic (exact) mass is 240 g/mol. The normalized spacial score (nSPS) is 12.1. The van der Waals surface area contributed by atoms with Gasteiger partial charge in [0.2, 0.25) is 5.91 Å². The number of carboxylic acid groups (broad SMARTS) is 1. The number of imidazole rings is 1. The Morgan fingerprint density at radius 2 is 2.35 bits per heavy atom. The maximum atomic E-state index is 11.3. The van der Waals surface area contributed by atoms with E-state index in [1.54, 1.807) is 12.4 Å². The molecule has 0 aliphatic carbocycles. The summed E-state index contributed by atoms with van der Waals surface area (Å²) >= 11 is 0. The van der Waals surface area contributed by atoms with Crippen LogP contribution < -0.4 is 11.1 Å². The molecule has 94 valence electrons. The van der Waals surface area contributed by atoms with Crippen molar-refractivity contribution in [2.75, 3.05) is 6.54 Å². The number of nitrogens with zero attached hydrogens (tertiary/aromatic N) is 1. The third kappa shape index (κ3) is 5.12. The molecular formula is C10H16N4O3. The molecular weight excluding hydrogens is 224 g/mol. The lowest BCUT2D eigenvalue weighted by Crippen LogP contribution is -2.42. The van der Waals surface area contributed by atoms with Crippen molar-refractivity contribution in [3.63, 3.8) is 0 Å². The van der Waals surface area contributed by atoms with Gasteiger partial charge < -0.3 is 21.1 Å². The zero-order chi connectivity index (χ0) is 12.7. The fourth-order valence-electron chi connectivity index (χ4n) is 1.31. The summed E-state index contributed by atoms with van der Waals surface area (Å²) in [7, 11) is 0. The van der Waals surface area contributed by atoms with Crippen molar-refractivity contribution in [3.8, 4) is 0 Å². The lowest BCUT2D eigenvalue weighted by molar-refractivity contribution is -0.139. The number of hydrogen-bond donors (Lipinski definition) is 4. The number of H-pyrrole nitrogens is 1. The number of carbonyl (C=O) groups is 2. The first-order valence-electron chi connectivity index (χ1n) is 5.33. The zero-order valence-corrected chi connectivity index (χ0v) is 9.35. The molecule has 1 amide bonds. The van der Waals surface area contributed by atoms with E-state index in [9.17, 15) is 9.59 Å². The SMILES string of the molecule is NC(CC(=O)O)C(=O)NCCCc1ncc[nH]1. The Kier molecular flexibility index (Phi) is 5.15. The average Bonchev–Trinajstić information content (AvgIpc) is 2.75. The van der Waals surface area contributed by atoms with E-state index in [0.717, 1.165) is 18.7 Å². The standard InChI is InChI=1S/C10H16N4O3/c11-7(6-9(15)16)10(17)14-3-1-2-8-12-4-5-13-8/h4-5,7H,1-3,6,11H2,(H,12,13)(H,14,17)(H,15,16). The summed E-state index contributed by atoms with van der Waals surface area (Å²) < 4.78 is 0. The molecule has 1 atom stereocenters. The van der Waals surface area contributed by atoms with Gasteiger partial charge in [0.15, 0.2) is 0 Å². The maximum Gasteiger partial charge on any atom is 0.305 e. The van der Waals surface area contributed by atoms with Crippen molar-refractivity contribution in [2.24, 2.45) is 5.73 Å². The Morgan fingerprint density at radius 3 is 2.94 bits per heavy atom. The molecule has 7 nitrogen and oxygen atoms in total. The number of nitrogens with one attached hydrogen (secondary N) is 2. The highest BCUT2D eigenvalue weighted by molar-refractivity contribution is 5.85. The van der Waals surface area contributed by atoms with E-state index in [2.05, 4.69) is 15.3 Å². The highest BCUT2D eigenvalue weighted by atomic mass is 16.4. The number of aliphatic carboxylic acids is 1. The fourth-order valence-corrected chi connectivity index (χ4v) is 1.31. The fraction of sp³-hybridized carbons (Fsp3) is 0.500. The lowest BCUT2D eigenvalue weighted by atomic mass is 10.2. The number of amides is 1. The molecule has 1 rings (SSSR count). The number of carbonyl (C=O) groups excluding carboxylic acids is 1. The molecule has 0 bridgehead atoms. The number of rotatable bonds is 7. The first-order valence-corrected chi connectivity index (χ1v) is 5.33. The van der Waals surface area contributed by atoms with E-state index in [1.165, 1.54) is 0 Å². The van der Waals surface area contributed by atoms with Crippen LogP contribution in [0.15, 0.2) is 12.4 Å². The highest BCUT2D eigenvalue weighted by Gasteiger charge is 2.15. The van der Waals surface area contributed by atoms with Crippen molar-refractivity contribution in [2.45, 2.75) is 25.3 Å². The van der Waals surface area contributed by atoms with E-state index in [0.29, 0.717) is 6.54 Å². The largest absolute Gasteiger partial charge is 0.481 e. The van der Waals surface area contributed by atoms with Gasteiger partial charge in [-0.1, -0.05) is 0 Å². The number of aromatic amines is 1. The van der Waals surface area contributed by atoms with Crippen molar-refractivity contribution in [1.82, 2.24) is 15.3 Å². The van der Waals surface area contributed by atoms with Crippen LogP contribution in [-0.2, 0) is 16.0 Å². The molecule has 0 fully saturated rings. The minimum atomic E-state index is -1.08. The first-order chi connectivity index (χ1) is 8.09. The van der Waals surface area contributed by atoms with Gasteiger partial charge in [-0.2, -0.15) is 0 Å². The summed E-state index contributed by atoms with van der Waals surface area (Å²) in [4.78, 5) is 28.6. The van der Waals surface area contributed by atoms with Crippen LogP contribution in [0.2, 0.25) is 0 Å². The molecule has 1 aromatic heterocycles. The molecule has 0 aliphatic rings. The van der Waals surface area contributed by atoms with Gasteiger partial charge in [0.1, 0.15) is 5.82 Å². The summed E-state index contributed by atoms with van der Waals surface area (Å²) in [5.74, 6) is -0.663.